The number of rotatable bonds is 3. The largest absolute Gasteiger partial charge is 0.388 e. The zero-order valence-corrected chi connectivity index (χ0v) is 7.86. The molecule has 0 saturated heterocycles. The molecule has 1 aliphatic carbocycles. The highest BCUT2D eigenvalue weighted by molar-refractivity contribution is 7.98. The molecule has 1 atom stereocenters. The Morgan fingerprint density at radius 3 is 3.00 bits per heavy atom. The van der Waals surface area contributed by atoms with Crippen LogP contribution in [0.1, 0.15) is 25.7 Å². The van der Waals surface area contributed by atoms with Crippen LogP contribution in [0.5, 0.6) is 0 Å². The van der Waals surface area contributed by atoms with Crippen molar-refractivity contribution in [3.8, 4) is 0 Å². The summed E-state index contributed by atoms with van der Waals surface area (Å²) < 4.78 is 0. The number of aliphatic hydroxyl groups is 1. The molecule has 0 fully saturated rings. The summed E-state index contributed by atoms with van der Waals surface area (Å²) in [7, 11) is 0. The smallest absolute Gasteiger partial charge is 0.0840 e. The van der Waals surface area contributed by atoms with Crippen LogP contribution in [0.3, 0.4) is 0 Å². The third kappa shape index (κ3) is 2.88. The van der Waals surface area contributed by atoms with E-state index in [4.69, 9.17) is 0 Å². The van der Waals surface area contributed by atoms with E-state index in [1.807, 2.05) is 6.26 Å². The molecule has 0 heterocycles. The molecule has 0 radical (unpaired) electrons. The minimum absolute atomic E-state index is 0.176. The zero-order chi connectivity index (χ0) is 8.10. The minimum Gasteiger partial charge on any atom is -0.388 e. The molecule has 0 aromatic rings. The summed E-state index contributed by atoms with van der Waals surface area (Å²) >= 11 is 1.71. The molecule has 1 nitrogen and oxygen atoms in total. The third-order valence-electron chi connectivity index (χ3n) is 2.08. The van der Waals surface area contributed by atoms with Crippen molar-refractivity contribution >= 4 is 11.8 Å². The summed E-state index contributed by atoms with van der Waals surface area (Å²) in [6.45, 7) is 0. The highest BCUT2D eigenvalue weighted by Crippen LogP contribution is 2.21. The minimum atomic E-state index is -0.176. The number of hydrogen-bond donors (Lipinski definition) is 1. The van der Waals surface area contributed by atoms with E-state index in [-0.39, 0.29) is 6.10 Å². The average Bonchev–Trinajstić information content (AvgIpc) is 2.07. The van der Waals surface area contributed by atoms with Crippen LogP contribution in [0.4, 0.5) is 0 Å². The van der Waals surface area contributed by atoms with Crippen molar-refractivity contribution < 1.29 is 5.11 Å². The van der Waals surface area contributed by atoms with E-state index in [0.29, 0.717) is 0 Å². The van der Waals surface area contributed by atoms with Crippen molar-refractivity contribution in [3.63, 3.8) is 0 Å². The maximum Gasteiger partial charge on any atom is 0.0840 e. The van der Waals surface area contributed by atoms with Gasteiger partial charge in [-0.3, -0.25) is 0 Å². The van der Waals surface area contributed by atoms with Gasteiger partial charge in [-0.05, 0) is 37.5 Å². The Bertz CT molecular complexity index is 142. The van der Waals surface area contributed by atoms with Gasteiger partial charge >= 0.3 is 0 Å². The average molecular weight is 172 g/mol. The van der Waals surface area contributed by atoms with Gasteiger partial charge in [0, 0.05) is 5.75 Å². The van der Waals surface area contributed by atoms with Crippen LogP contribution in [-0.4, -0.2) is 23.2 Å². The quantitative estimate of drug-likeness (QED) is 0.659. The van der Waals surface area contributed by atoms with Gasteiger partial charge in [-0.1, -0.05) is 6.08 Å². The lowest BCUT2D eigenvalue weighted by atomic mass is 9.96. The molecule has 0 spiro atoms. The van der Waals surface area contributed by atoms with Crippen molar-refractivity contribution in [1.82, 2.24) is 0 Å². The van der Waals surface area contributed by atoms with E-state index >= 15 is 0 Å². The van der Waals surface area contributed by atoms with Crippen LogP contribution in [0.25, 0.3) is 0 Å². The standard InChI is InChI=1S/C9H16OS/c1-11-7-9(10)8-5-3-2-4-6-8/h5,9-10H,2-4,6-7H2,1H3. The Morgan fingerprint density at radius 1 is 1.64 bits per heavy atom. The number of hydrogen-bond acceptors (Lipinski definition) is 2. The van der Waals surface area contributed by atoms with Gasteiger partial charge < -0.3 is 5.11 Å². The zero-order valence-electron chi connectivity index (χ0n) is 7.05. The van der Waals surface area contributed by atoms with E-state index in [1.54, 1.807) is 11.8 Å². The molecule has 0 aromatic carbocycles. The molecule has 1 rings (SSSR count). The SMILES string of the molecule is CSCC(O)C1=CCCCC1. The first-order valence-electron chi connectivity index (χ1n) is 4.20. The van der Waals surface area contributed by atoms with Crippen LogP contribution in [-0.2, 0) is 0 Å². The fourth-order valence-corrected chi connectivity index (χ4v) is 1.96. The summed E-state index contributed by atoms with van der Waals surface area (Å²) in [5, 5.41) is 9.58. The van der Waals surface area contributed by atoms with Gasteiger partial charge in [-0.25, -0.2) is 0 Å². The fraction of sp³-hybridized carbons (Fsp3) is 0.778. The van der Waals surface area contributed by atoms with Gasteiger partial charge in [-0.15, -0.1) is 0 Å². The second-order valence-electron chi connectivity index (χ2n) is 3.00. The number of aliphatic hydroxyl groups excluding tert-OH is 1. The molecule has 1 unspecified atom stereocenters. The van der Waals surface area contributed by atoms with Gasteiger partial charge in [0.05, 0.1) is 6.10 Å². The molecular weight excluding hydrogens is 156 g/mol. The molecular formula is C9H16OS. The molecule has 0 aliphatic heterocycles. The Morgan fingerprint density at radius 2 is 2.45 bits per heavy atom. The Labute approximate surface area is 72.9 Å². The molecule has 64 valence electrons. The van der Waals surface area contributed by atoms with Crippen molar-refractivity contribution in [3.05, 3.63) is 11.6 Å². The van der Waals surface area contributed by atoms with Gasteiger partial charge in [0.2, 0.25) is 0 Å². The van der Waals surface area contributed by atoms with Crippen molar-refractivity contribution in [2.45, 2.75) is 31.8 Å². The molecule has 2 heteroatoms. The van der Waals surface area contributed by atoms with E-state index < -0.39 is 0 Å². The van der Waals surface area contributed by atoms with Crippen molar-refractivity contribution in [2.24, 2.45) is 0 Å². The highest BCUT2D eigenvalue weighted by Gasteiger charge is 2.11. The van der Waals surface area contributed by atoms with E-state index in [0.717, 1.165) is 12.2 Å². The summed E-state index contributed by atoms with van der Waals surface area (Å²) in [6, 6.07) is 0. The normalized spacial score (nSPS) is 21.1. The second-order valence-corrected chi connectivity index (χ2v) is 3.91. The molecule has 1 aliphatic rings. The fourth-order valence-electron chi connectivity index (χ4n) is 1.43. The predicted octanol–water partition coefficient (Wildman–Crippen LogP) is 2.21. The van der Waals surface area contributed by atoms with Gasteiger partial charge in [0.25, 0.3) is 0 Å². The van der Waals surface area contributed by atoms with Crippen LogP contribution in [0.2, 0.25) is 0 Å². The van der Waals surface area contributed by atoms with E-state index in [2.05, 4.69) is 6.08 Å². The first kappa shape index (κ1) is 9.14. The lowest BCUT2D eigenvalue weighted by molar-refractivity contribution is 0.228. The molecule has 1 N–H and O–H groups in total. The maximum absolute atomic E-state index is 9.58. The lowest BCUT2D eigenvalue weighted by Crippen LogP contribution is -2.14. The van der Waals surface area contributed by atoms with Crippen LogP contribution in [0.15, 0.2) is 11.6 Å². The third-order valence-corrected chi connectivity index (χ3v) is 2.73. The first-order valence-corrected chi connectivity index (χ1v) is 5.60. The van der Waals surface area contributed by atoms with E-state index in [9.17, 15) is 5.11 Å². The van der Waals surface area contributed by atoms with Gasteiger partial charge in [0.15, 0.2) is 0 Å². The summed E-state index contributed by atoms with van der Waals surface area (Å²) in [5.74, 6) is 0.853. The molecule has 0 amide bonds. The monoisotopic (exact) mass is 172 g/mol. The topological polar surface area (TPSA) is 20.2 Å². The highest BCUT2D eigenvalue weighted by atomic mass is 32.2. The lowest BCUT2D eigenvalue weighted by Gasteiger charge is -2.17. The summed E-state index contributed by atoms with van der Waals surface area (Å²) in [6.07, 6.45) is 8.91. The predicted molar refractivity (Wildman–Crippen MR) is 50.9 cm³/mol. The summed E-state index contributed by atoms with van der Waals surface area (Å²) in [4.78, 5) is 0. The second kappa shape index (κ2) is 4.83. The van der Waals surface area contributed by atoms with Crippen LogP contribution >= 0.6 is 11.8 Å². The molecule has 11 heavy (non-hydrogen) atoms. The first-order chi connectivity index (χ1) is 5.34. The van der Waals surface area contributed by atoms with Crippen LogP contribution < -0.4 is 0 Å². The Balaban J connectivity index is 2.37. The van der Waals surface area contributed by atoms with Crippen molar-refractivity contribution in [2.75, 3.05) is 12.0 Å². The summed E-state index contributed by atoms with van der Waals surface area (Å²) in [5.41, 5.74) is 1.27. The molecule has 0 saturated carbocycles. The Kier molecular flexibility index (Phi) is 4.02. The van der Waals surface area contributed by atoms with Gasteiger partial charge in [-0.2, -0.15) is 11.8 Å². The number of thioether (sulfide) groups is 1. The van der Waals surface area contributed by atoms with Crippen LogP contribution in [0, 0.1) is 0 Å². The molecule has 0 aromatic heterocycles. The Hall–Kier alpha value is 0.0500. The number of allylic oxidation sites excluding steroid dienone is 1. The van der Waals surface area contributed by atoms with Gasteiger partial charge in [0.1, 0.15) is 0 Å². The van der Waals surface area contributed by atoms with E-state index in [1.165, 1.54) is 24.8 Å². The van der Waals surface area contributed by atoms with Crippen molar-refractivity contribution in [1.29, 1.82) is 0 Å². The maximum atomic E-state index is 9.58. The molecule has 0 bridgehead atoms.